The largest absolute Gasteiger partial charge is 0.452 e. The van der Waals surface area contributed by atoms with Crippen LogP contribution in [0.15, 0.2) is 59.8 Å². The zero-order chi connectivity index (χ0) is 24.7. The monoisotopic (exact) mass is 496 g/mol. The van der Waals surface area contributed by atoms with Crippen LogP contribution in [-0.4, -0.2) is 26.4 Å². The summed E-state index contributed by atoms with van der Waals surface area (Å²) < 4.78 is 42.8. The number of nitrogens with zero attached hydrogens (tertiary/aromatic N) is 3. The van der Waals surface area contributed by atoms with Crippen LogP contribution in [0.4, 0.5) is 18.9 Å². The molecule has 1 aliphatic rings. The second-order valence-electron chi connectivity index (χ2n) is 8.79. The predicted octanol–water partition coefficient (Wildman–Crippen LogP) is 6.66. The van der Waals surface area contributed by atoms with Crippen LogP contribution >= 0.6 is 11.8 Å². The number of halogens is 3. The van der Waals surface area contributed by atoms with Gasteiger partial charge in [-0.25, -0.2) is 0 Å². The molecule has 1 N–H and O–H groups in total. The van der Waals surface area contributed by atoms with Gasteiger partial charge in [0.05, 0.1) is 11.4 Å². The van der Waals surface area contributed by atoms with E-state index in [4.69, 9.17) is 0 Å². The summed E-state index contributed by atoms with van der Waals surface area (Å²) in [6.07, 6.45) is -2.54. The Balaban J connectivity index is 1.49. The molecule has 4 aromatic rings. The fraction of sp³-hybridized carbons (Fsp3) is 0.269. The number of alkyl halides is 3. The molecule has 0 saturated heterocycles. The van der Waals surface area contributed by atoms with Crippen molar-refractivity contribution in [3.05, 3.63) is 77.1 Å². The first-order chi connectivity index (χ1) is 16.7. The van der Waals surface area contributed by atoms with Crippen LogP contribution in [-0.2, 0) is 11.0 Å². The van der Waals surface area contributed by atoms with Crippen molar-refractivity contribution in [2.45, 2.75) is 43.9 Å². The first-order valence-corrected chi connectivity index (χ1v) is 12.3. The van der Waals surface area contributed by atoms with Crippen molar-refractivity contribution in [3.8, 4) is 5.69 Å². The van der Waals surface area contributed by atoms with E-state index in [1.54, 1.807) is 6.07 Å². The highest BCUT2D eigenvalue weighted by molar-refractivity contribution is 7.99. The second kappa shape index (κ2) is 9.03. The summed E-state index contributed by atoms with van der Waals surface area (Å²) in [5.74, 6) is -1.11. The van der Waals surface area contributed by atoms with Gasteiger partial charge in [-0.15, -0.1) is 10.2 Å². The Morgan fingerprint density at radius 2 is 1.80 bits per heavy atom. The number of aryl methyl sites for hydroxylation is 2. The van der Waals surface area contributed by atoms with E-state index in [-0.39, 0.29) is 16.8 Å². The Hall–Kier alpha value is -3.33. The van der Waals surface area contributed by atoms with Crippen molar-refractivity contribution in [2.24, 2.45) is 0 Å². The van der Waals surface area contributed by atoms with Crippen molar-refractivity contribution >= 4 is 34.1 Å². The zero-order valence-electron chi connectivity index (χ0n) is 19.2. The highest BCUT2D eigenvalue weighted by atomic mass is 32.2. The summed E-state index contributed by atoms with van der Waals surface area (Å²) >= 11 is 0.924. The molecule has 1 saturated carbocycles. The van der Waals surface area contributed by atoms with Crippen molar-refractivity contribution < 1.29 is 18.0 Å². The van der Waals surface area contributed by atoms with Crippen LogP contribution < -0.4 is 5.32 Å². The molecule has 1 aliphatic carbocycles. The molecule has 1 heterocycles. The number of hydrogen-bond acceptors (Lipinski definition) is 4. The van der Waals surface area contributed by atoms with Gasteiger partial charge in [0.15, 0.2) is 5.16 Å². The van der Waals surface area contributed by atoms with Gasteiger partial charge in [0, 0.05) is 11.1 Å². The molecular weight excluding hydrogens is 473 g/mol. The van der Waals surface area contributed by atoms with Gasteiger partial charge < -0.3 is 5.32 Å². The van der Waals surface area contributed by atoms with Crippen molar-refractivity contribution in [2.75, 3.05) is 11.1 Å². The third kappa shape index (κ3) is 4.77. The molecule has 0 spiro atoms. The van der Waals surface area contributed by atoms with Crippen LogP contribution in [0, 0.1) is 13.8 Å². The molecule has 5 rings (SSSR count). The Bertz CT molecular complexity index is 1430. The van der Waals surface area contributed by atoms with E-state index in [0.29, 0.717) is 22.7 Å². The highest BCUT2D eigenvalue weighted by Crippen LogP contribution is 2.45. The number of anilines is 1. The van der Waals surface area contributed by atoms with Crippen LogP contribution in [0.3, 0.4) is 0 Å². The van der Waals surface area contributed by atoms with Gasteiger partial charge >= 0.3 is 6.18 Å². The fourth-order valence-corrected chi connectivity index (χ4v) is 5.03. The van der Waals surface area contributed by atoms with Gasteiger partial charge in [-0.2, -0.15) is 13.2 Å². The van der Waals surface area contributed by atoms with Crippen molar-refractivity contribution in [3.63, 3.8) is 0 Å². The van der Waals surface area contributed by atoms with E-state index in [2.05, 4.69) is 15.5 Å². The van der Waals surface area contributed by atoms with E-state index >= 15 is 0 Å². The summed E-state index contributed by atoms with van der Waals surface area (Å²) in [4.78, 5) is 12.6. The van der Waals surface area contributed by atoms with Crippen molar-refractivity contribution in [1.82, 2.24) is 14.8 Å². The second-order valence-corrected chi connectivity index (χ2v) is 9.73. The Labute approximate surface area is 204 Å². The summed E-state index contributed by atoms with van der Waals surface area (Å²) in [5, 5.41) is 11.7. The molecule has 0 bridgehead atoms. The van der Waals surface area contributed by atoms with E-state index in [1.165, 1.54) is 0 Å². The molecule has 180 valence electrons. The summed E-state index contributed by atoms with van der Waals surface area (Å²) in [7, 11) is 0. The maximum atomic E-state index is 13.9. The minimum absolute atomic E-state index is 0.0115. The maximum absolute atomic E-state index is 13.9. The molecular formula is C26H23F3N4OS. The summed E-state index contributed by atoms with van der Waals surface area (Å²) in [6.45, 7) is 3.85. The number of rotatable bonds is 6. The maximum Gasteiger partial charge on any atom is 0.452 e. The molecule has 0 unspecified atom stereocenters. The number of amides is 1. The average Bonchev–Trinajstić information content (AvgIpc) is 3.56. The standard InChI is InChI=1S/C26H23F3N4OS/c1-15-7-11-21(16(2)13-15)30-23(34)14-35-25-32-31-24(26(27,28)29)33(25)22-12-10-18(17-8-9-17)19-5-3-4-6-20(19)22/h3-7,10-13,17H,8-9,14H2,1-2H3,(H,30,34). The first-order valence-electron chi connectivity index (χ1n) is 11.3. The number of thioether (sulfide) groups is 1. The van der Waals surface area contributed by atoms with Gasteiger partial charge in [0.25, 0.3) is 0 Å². The number of nitrogens with one attached hydrogen (secondary N) is 1. The number of carbonyl (C=O) groups is 1. The SMILES string of the molecule is Cc1ccc(NC(=O)CSc2nnc(C(F)(F)F)n2-c2ccc(C3CC3)c3ccccc23)c(C)c1. The van der Waals surface area contributed by atoms with Gasteiger partial charge in [0.2, 0.25) is 11.7 Å². The Kier molecular flexibility index (Phi) is 6.04. The third-order valence-corrected chi connectivity index (χ3v) is 7.00. The van der Waals surface area contributed by atoms with E-state index in [0.717, 1.165) is 51.2 Å². The average molecular weight is 497 g/mol. The topological polar surface area (TPSA) is 59.8 Å². The number of benzene rings is 3. The smallest absolute Gasteiger partial charge is 0.325 e. The molecule has 1 fully saturated rings. The summed E-state index contributed by atoms with van der Waals surface area (Å²) in [5.41, 5.74) is 4.14. The zero-order valence-corrected chi connectivity index (χ0v) is 20.0. The first kappa shape index (κ1) is 23.4. The molecule has 9 heteroatoms. The lowest BCUT2D eigenvalue weighted by Gasteiger charge is -2.16. The molecule has 1 amide bonds. The van der Waals surface area contributed by atoms with Crippen molar-refractivity contribution in [1.29, 1.82) is 0 Å². The van der Waals surface area contributed by atoms with Crippen LogP contribution in [0.2, 0.25) is 0 Å². The van der Waals surface area contributed by atoms with Crippen LogP contribution in [0.25, 0.3) is 16.5 Å². The number of hydrogen-bond donors (Lipinski definition) is 1. The van der Waals surface area contributed by atoms with Gasteiger partial charge in [-0.3, -0.25) is 9.36 Å². The van der Waals surface area contributed by atoms with Gasteiger partial charge in [-0.05, 0) is 61.3 Å². The lowest BCUT2D eigenvalue weighted by molar-refractivity contribution is -0.146. The van der Waals surface area contributed by atoms with E-state index in [1.807, 2.05) is 62.4 Å². The number of carbonyl (C=O) groups excluding carboxylic acids is 1. The Morgan fingerprint density at radius 3 is 2.49 bits per heavy atom. The normalized spacial score (nSPS) is 13.9. The molecule has 0 aliphatic heterocycles. The molecule has 3 aromatic carbocycles. The van der Waals surface area contributed by atoms with Crippen LogP contribution in [0.1, 0.15) is 41.3 Å². The molecule has 0 radical (unpaired) electrons. The quantitative estimate of drug-likeness (QED) is 0.303. The predicted molar refractivity (Wildman–Crippen MR) is 131 cm³/mol. The minimum Gasteiger partial charge on any atom is -0.325 e. The number of aromatic nitrogens is 3. The van der Waals surface area contributed by atoms with E-state index in [9.17, 15) is 18.0 Å². The lowest BCUT2D eigenvalue weighted by atomic mass is 9.99. The fourth-order valence-electron chi connectivity index (χ4n) is 4.29. The van der Waals surface area contributed by atoms with Gasteiger partial charge in [-0.1, -0.05) is 59.8 Å². The van der Waals surface area contributed by atoms with Crippen LogP contribution in [0.5, 0.6) is 0 Å². The molecule has 35 heavy (non-hydrogen) atoms. The molecule has 1 aromatic heterocycles. The highest BCUT2D eigenvalue weighted by Gasteiger charge is 2.39. The van der Waals surface area contributed by atoms with E-state index < -0.39 is 12.0 Å². The van der Waals surface area contributed by atoms with Gasteiger partial charge in [0.1, 0.15) is 0 Å². The Morgan fingerprint density at radius 1 is 1.06 bits per heavy atom. The molecule has 0 atom stereocenters. The summed E-state index contributed by atoms with van der Waals surface area (Å²) in [6, 6.07) is 16.7. The minimum atomic E-state index is -4.71. The molecule has 5 nitrogen and oxygen atoms in total. The third-order valence-electron chi connectivity index (χ3n) is 6.07. The lowest BCUT2D eigenvalue weighted by Crippen LogP contribution is -2.17. The number of fused-ring (bicyclic) bond motifs is 1.